The third-order valence-electron chi connectivity index (χ3n) is 1.74. The van der Waals surface area contributed by atoms with Gasteiger partial charge in [0, 0.05) is 0 Å². The van der Waals surface area contributed by atoms with E-state index in [1.807, 2.05) is 6.92 Å². The van der Waals surface area contributed by atoms with Crippen LogP contribution in [-0.2, 0) is 4.74 Å². The van der Waals surface area contributed by atoms with Gasteiger partial charge in [0.2, 0.25) is 0 Å². The lowest BCUT2D eigenvalue weighted by Gasteiger charge is -2.30. The van der Waals surface area contributed by atoms with E-state index in [-0.39, 0.29) is 4.87 Å². The Balaban J connectivity index is 2.35. The van der Waals surface area contributed by atoms with Crippen molar-refractivity contribution in [1.82, 2.24) is 0 Å². The Kier molecular flexibility index (Phi) is 2.02. The molecule has 1 nitrogen and oxygen atoms in total. The lowest BCUT2D eigenvalue weighted by Crippen LogP contribution is -2.33. The lowest BCUT2D eigenvalue weighted by molar-refractivity contribution is 0.00930. The zero-order valence-corrected chi connectivity index (χ0v) is 6.74. The summed E-state index contributed by atoms with van der Waals surface area (Å²) in [6.07, 6.45) is 2.59. The molecule has 0 aromatic rings. The first-order valence-corrected chi connectivity index (χ1v) is 3.78. The average molecular weight is 149 g/mol. The maximum atomic E-state index is 6.01. The van der Waals surface area contributed by atoms with Gasteiger partial charge >= 0.3 is 0 Å². The second kappa shape index (κ2) is 2.47. The van der Waals surface area contributed by atoms with Crippen molar-refractivity contribution in [1.29, 1.82) is 0 Å². The minimum absolute atomic E-state index is 0.0908. The summed E-state index contributed by atoms with van der Waals surface area (Å²) in [5.74, 6) is 0. The highest BCUT2D eigenvalue weighted by Gasteiger charge is 2.27. The molecule has 0 aromatic heterocycles. The van der Waals surface area contributed by atoms with Crippen molar-refractivity contribution in [2.75, 3.05) is 6.61 Å². The summed E-state index contributed by atoms with van der Waals surface area (Å²) in [6.45, 7) is 4.82. The normalized spacial score (nSPS) is 45.0. The van der Waals surface area contributed by atoms with Crippen LogP contribution in [0.3, 0.4) is 0 Å². The fourth-order valence-corrected chi connectivity index (χ4v) is 1.15. The molecule has 1 aliphatic rings. The first kappa shape index (κ1) is 7.36. The van der Waals surface area contributed by atoms with Crippen LogP contribution in [0.5, 0.6) is 0 Å². The third-order valence-corrected chi connectivity index (χ3v) is 2.04. The van der Waals surface area contributed by atoms with Gasteiger partial charge in [0.1, 0.15) is 0 Å². The zero-order chi connectivity index (χ0) is 6.91. The van der Waals surface area contributed by atoms with Crippen molar-refractivity contribution in [2.24, 2.45) is 0 Å². The Morgan fingerprint density at radius 1 is 1.67 bits per heavy atom. The van der Waals surface area contributed by atoms with Crippen molar-refractivity contribution in [3.63, 3.8) is 0 Å². The maximum Gasteiger partial charge on any atom is 0.0659 e. The van der Waals surface area contributed by atoms with Gasteiger partial charge in [-0.2, -0.15) is 0 Å². The Labute approximate surface area is 61.3 Å². The second-order valence-electron chi connectivity index (χ2n) is 3.07. The van der Waals surface area contributed by atoms with E-state index in [4.69, 9.17) is 16.3 Å². The maximum absolute atomic E-state index is 6.01. The molecule has 2 heteroatoms. The van der Waals surface area contributed by atoms with Gasteiger partial charge in [-0.05, 0) is 26.7 Å². The highest BCUT2D eigenvalue weighted by molar-refractivity contribution is 6.23. The van der Waals surface area contributed by atoms with E-state index in [0.717, 1.165) is 12.8 Å². The fraction of sp³-hybridized carbons (Fsp3) is 1.00. The predicted octanol–water partition coefficient (Wildman–Crippen LogP) is 2.18. The van der Waals surface area contributed by atoms with Crippen LogP contribution in [0.4, 0.5) is 0 Å². The van der Waals surface area contributed by atoms with E-state index in [1.54, 1.807) is 0 Å². The minimum atomic E-state index is -0.0908. The summed E-state index contributed by atoms with van der Waals surface area (Å²) < 4.78 is 5.36. The largest absolute Gasteiger partial charge is 0.377 e. The lowest BCUT2D eigenvalue weighted by atomic mass is 10.0. The van der Waals surface area contributed by atoms with Gasteiger partial charge in [0.05, 0.1) is 17.6 Å². The van der Waals surface area contributed by atoms with Gasteiger partial charge in [-0.15, -0.1) is 11.6 Å². The first-order chi connectivity index (χ1) is 4.10. The number of rotatable bonds is 0. The highest BCUT2D eigenvalue weighted by atomic mass is 35.5. The smallest absolute Gasteiger partial charge is 0.0659 e. The van der Waals surface area contributed by atoms with Crippen molar-refractivity contribution in [3.05, 3.63) is 0 Å². The number of ether oxygens (including phenoxy) is 1. The van der Waals surface area contributed by atoms with E-state index < -0.39 is 0 Å². The standard InChI is InChI=1S/C7H13ClO/c1-6-3-4-7(2,8)5-9-6/h6H,3-5H2,1-2H3/t6-,7-/m1/s1. The Morgan fingerprint density at radius 3 is 2.67 bits per heavy atom. The summed E-state index contributed by atoms with van der Waals surface area (Å²) in [5.41, 5.74) is 0. The van der Waals surface area contributed by atoms with Crippen LogP contribution in [-0.4, -0.2) is 17.6 Å². The van der Waals surface area contributed by atoms with Crippen LogP contribution in [0.15, 0.2) is 0 Å². The van der Waals surface area contributed by atoms with Gasteiger partial charge in [0.25, 0.3) is 0 Å². The van der Waals surface area contributed by atoms with E-state index in [0.29, 0.717) is 12.7 Å². The summed E-state index contributed by atoms with van der Waals surface area (Å²) >= 11 is 6.01. The summed E-state index contributed by atoms with van der Waals surface area (Å²) in [5, 5.41) is 0. The molecule has 54 valence electrons. The average Bonchev–Trinajstić information content (AvgIpc) is 1.78. The van der Waals surface area contributed by atoms with Gasteiger partial charge in [-0.3, -0.25) is 0 Å². The Hall–Kier alpha value is 0.250. The minimum Gasteiger partial charge on any atom is -0.377 e. The van der Waals surface area contributed by atoms with Crippen molar-refractivity contribution in [3.8, 4) is 0 Å². The Morgan fingerprint density at radius 2 is 2.33 bits per heavy atom. The molecule has 0 saturated carbocycles. The van der Waals surface area contributed by atoms with Crippen LogP contribution in [0.1, 0.15) is 26.7 Å². The molecule has 1 heterocycles. The Bertz CT molecular complexity index is 91.1. The molecule has 9 heavy (non-hydrogen) atoms. The van der Waals surface area contributed by atoms with E-state index in [2.05, 4.69) is 6.92 Å². The molecule has 0 bridgehead atoms. The zero-order valence-electron chi connectivity index (χ0n) is 5.98. The topological polar surface area (TPSA) is 9.23 Å². The molecule has 1 fully saturated rings. The molecule has 0 N–H and O–H groups in total. The number of alkyl halides is 1. The monoisotopic (exact) mass is 148 g/mol. The van der Waals surface area contributed by atoms with Crippen LogP contribution >= 0.6 is 11.6 Å². The number of hydrogen-bond acceptors (Lipinski definition) is 1. The molecule has 0 radical (unpaired) electrons. The number of halogens is 1. The summed E-state index contributed by atoms with van der Waals surface area (Å²) in [7, 11) is 0. The predicted molar refractivity (Wildman–Crippen MR) is 38.9 cm³/mol. The molecule has 0 spiro atoms. The highest BCUT2D eigenvalue weighted by Crippen LogP contribution is 2.27. The fourth-order valence-electron chi connectivity index (χ4n) is 0.976. The summed E-state index contributed by atoms with van der Waals surface area (Å²) in [6, 6.07) is 0. The van der Waals surface area contributed by atoms with Crippen molar-refractivity contribution in [2.45, 2.75) is 37.7 Å². The molecule has 2 atom stereocenters. The van der Waals surface area contributed by atoms with E-state index in [1.165, 1.54) is 0 Å². The quantitative estimate of drug-likeness (QED) is 0.479. The molecule has 0 aliphatic carbocycles. The van der Waals surface area contributed by atoms with Crippen LogP contribution in [0, 0.1) is 0 Å². The molecule has 1 aliphatic heterocycles. The molecule has 0 amide bonds. The van der Waals surface area contributed by atoms with Gasteiger partial charge in [0.15, 0.2) is 0 Å². The van der Waals surface area contributed by atoms with Gasteiger partial charge in [-0.1, -0.05) is 0 Å². The van der Waals surface area contributed by atoms with E-state index >= 15 is 0 Å². The SMILES string of the molecule is C[C@@H]1CC[C@@](C)(Cl)CO1. The van der Waals surface area contributed by atoms with Crippen molar-refractivity contribution >= 4 is 11.6 Å². The number of hydrogen-bond donors (Lipinski definition) is 0. The molecule has 0 aromatic carbocycles. The molecule has 1 rings (SSSR count). The van der Waals surface area contributed by atoms with Gasteiger partial charge < -0.3 is 4.74 Å². The second-order valence-corrected chi connectivity index (χ2v) is 3.99. The van der Waals surface area contributed by atoms with Crippen molar-refractivity contribution < 1.29 is 4.74 Å². The van der Waals surface area contributed by atoms with Crippen LogP contribution in [0.2, 0.25) is 0 Å². The molecule has 1 saturated heterocycles. The molecule has 0 unspecified atom stereocenters. The van der Waals surface area contributed by atoms with Crippen LogP contribution < -0.4 is 0 Å². The van der Waals surface area contributed by atoms with Crippen LogP contribution in [0.25, 0.3) is 0 Å². The van der Waals surface area contributed by atoms with E-state index in [9.17, 15) is 0 Å². The molecular formula is C7H13ClO. The first-order valence-electron chi connectivity index (χ1n) is 3.41. The van der Waals surface area contributed by atoms with Gasteiger partial charge in [-0.25, -0.2) is 0 Å². The summed E-state index contributed by atoms with van der Waals surface area (Å²) in [4.78, 5) is -0.0908. The third kappa shape index (κ3) is 2.15. The molecular weight excluding hydrogens is 136 g/mol.